The van der Waals surface area contributed by atoms with Crippen LogP contribution in [0.4, 0.5) is 14.9 Å². The highest BCUT2D eigenvalue weighted by Gasteiger charge is 2.44. The van der Waals surface area contributed by atoms with Gasteiger partial charge in [-0.3, -0.25) is 4.79 Å². The molecule has 0 radical (unpaired) electrons. The molecule has 0 aliphatic heterocycles. The summed E-state index contributed by atoms with van der Waals surface area (Å²) in [6.07, 6.45) is 2.03. The van der Waals surface area contributed by atoms with Crippen LogP contribution in [0, 0.1) is 18.2 Å². The minimum absolute atomic E-state index is 0.106. The number of halogens is 1. The van der Waals surface area contributed by atoms with E-state index >= 15 is 0 Å². The van der Waals surface area contributed by atoms with Crippen molar-refractivity contribution < 1.29 is 19.1 Å². The quantitative estimate of drug-likeness (QED) is 0.793. The van der Waals surface area contributed by atoms with Crippen molar-refractivity contribution in [3.05, 3.63) is 29.6 Å². The van der Waals surface area contributed by atoms with Gasteiger partial charge in [0.2, 0.25) is 0 Å². The number of carboxylic acids is 1. The average Bonchev–Trinajstić information content (AvgIpc) is 2.31. The van der Waals surface area contributed by atoms with Crippen LogP contribution < -0.4 is 10.6 Å². The molecule has 1 aromatic carbocycles. The van der Waals surface area contributed by atoms with Crippen molar-refractivity contribution in [2.24, 2.45) is 5.41 Å². The smallest absolute Gasteiger partial charge is 0.319 e. The van der Waals surface area contributed by atoms with E-state index in [2.05, 4.69) is 10.6 Å². The van der Waals surface area contributed by atoms with Gasteiger partial charge in [0.25, 0.3) is 0 Å². The van der Waals surface area contributed by atoms with Gasteiger partial charge in [-0.2, -0.15) is 0 Å². The van der Waals surface area contributed by atoms with Gasteiger partial charge in [0.05, 0.1) is 5.41 Å². The highest BCUT2D eigenvalue weighted by Crippen LogP contribution is 2.40. The third kappa shape index (κ3) is 2.89. The predicted molar refractivity (Wildman–Crippen MR) is 72.1 cm³/mol. The normalized spacial score (nSPS) is 16.1. The number of carbonyl (C=O) groups excluding carboxylic acids is 1. The van der Waals surface area contributed by atoms with E-state index in [1.54, 1.807) is 6.92 Å². The zero-order chi connectivity index (χ0) is 14.8. The lowest BCUT2D eigenvalue weighted by Crippen LogP contribution is -2.48. The summed E-state index contributed by atoms with van der Waals surface area (Å²) < 4.78 is 12.9. The highest BCUT2D eigenvalue weighted by molar-refractivity contribution is 5.90. The Labute approximate surface area is 116 Å². The number of amides is 2. The number of rotatable bonds is 4. The van der Waals surface area contributed by atoms with Gasteiger partial charge in [-0.05, 0) is 43.5 Å². The van der Waals surface area contributed by atoms with Crippen molar-refractivity contribution in [1.82, 2.24) is 5.32 Å². The maximum absolute atomic E-state index is 12.9. The van der Waals surface area contributed by atoms with Gasteiger partial charge >= 0.3 is 12.0 Å². The number of carboxylic acid groups (broad SMARTS) is 1. The Hall–Kier alpha value is -2.11. The van der Waals surface area contributed by atoms with E-state index < -0.39 is 17.4 Å². The van der Waals surface area contributed by atoms with Crippen molar-refractivity contribution in [1.29, 1.82) is 0 Å². The molecule has 1 saturated carbocycles. The van der Waals surface area contributed by atoms with Crippen LogP contribution in [-0.4, -0.2) is 23.7 Å². The van der Waals surface area contributed by atoms with Gasteiger partial charge in [0, 0.05) is 12.2 Å². The van der Waals surface area contributed by atoms with Gasteiger partial charge in [0.1, 0.15) is 5.82 Å². The Bertz CT molecular complexity index is 541. The van der Waals surface area contributed by atoms with Crippen LogP contribution in [0.25, 0.3) is 0 Å². The highest BCUT2D eigenvalue weighted by atomic mass is 19.1. The predicted octanol–water partition coefficient (Wildman–Crippen LogP) is 2.51. The second-order valence-corrected chi connectivity index (χ2v) is 5.21. The van der Waals surface area contributed by atoms with Crippen LogP contribution >= 0.6 is 0 Å². The van der Waals surface area contributed by atoms with Crippen LogP contribution in [0.5, 0.6) is 0 Å². The van der Waals surface area contributed by atoms with E-state index in [0.29, 0.717) is 24.1 Å². The topological polar surface area (TPSA) is 78.4 Å². The molecular weight excluding hydrogens is 263 g/mol. The number of hydrogen-bond donors (Lipinski definition) is 3. The van der Waals surface area contributed by atoms with E-state index in [1.807, 2.05) is 0 Å². The van der Waals surface area contributed by atoms with E-state index in [1.165, 1.54) is 18.2 Å². The van der Waals surface area contributed by atoms with Crippen molar-refractivity contribution >= 4 is 17.7 Å². The molecule has 108 valence electrons. The summed E-state index contributed by atoms with van der Waals surface area (Å²) in [5.41, 5.74) is 0.286. The van der Waals surface area contributed by atoms with E-state index in [9.17, 15) is 14.0 Å². The number of aliphatic carboxylic acids is 1. The number of aryl methyl sites for hydroxylation is 1. The molecule has 1 aromatic rings. The molecule has 0 heterocycles. The molecular formula is C14H17FN2O3. The van der Waals surface area contributed by atoms with Crippen LogP contribution in [0.2, 0.25) is 0 Å². The summed E-state index contributed by atoms with van der Waals surface area (Å²) in [5.74, 6) is -1.24. The lowest BCUT2D eigenvalue weighted by molar-refractivity contribution is -0.153. The van der Waals surface area contributed by atoms with Gasteiger partial charge < -0.3 is 15.7 Å². The zero-order valence-corrected chi connectivity index (χ0v) is 11.2. The molecule has 1 aliphatic rings. The average molecular weight is 280 g/mol. The molecule has 0 spiro atoms. The number of carbonyl (C=O) groups is 2. The third-order valence-electron chi connectivity index (χ3n) is 3.79. The fraction of sp³-hybridized carbons (Fsp3) is 0.429. The lowest BCUT2D eigenvalue weighted by atomic mass is 9.69. The molecule has 0 aromatic heterocycles. The SMILES string of the molecule is Cc1cc(F)ccc1NC(=O)NCC1(C(=O)O)CCC1. The fourth-order valence-electron chi connectivity index (χ4n) is 2.25. The van der Waals surface area contributed by atoms with Crippen LogP contribution in [0.15, 0.2) is 18.2 Å². The summed E-state index contributed by atoms with van der Waals surface area (Å²) in [6.45, 7) is 1.79. The molecule has 0 atom stereocenters. The maximum atomic E-state index is 12.9. The minimum atomic E-state index is -0.873. The fourth-order valence-corrected chi connectivity index (χ4v) is 2.25. The van der Waals surface area contributed by atoms with Gasteiger partial charge in [-0.25, -0.2) is 9.18 Å². The van der Waals surface area contributed by atoms with Crippen molar-refractivity contribution in [3.8, 4) is 0 Å². The Kier molecular flexibility index (Phi) is 3.92. The van der Waals surface area contributed by atoms with Gasteiger partial charge in [0.15, 0.2) is 0 Å². The molecule has 0 bridgehead atoms. The van der Waals surface area contributed by atoms with E-state index in [4.69, 9.17) is 5.11 Å². The first kappa shape index (κ1) is 14.3. The first-order valence-electron chi connectivity index (χ1n) is 6.47. The van der Waals surface area contributed by atoms with Crippen LogP contribution in [0.1, 0.15) is 24.8 Å². The van der Waals surface area contributed by atoms with Crippen molar-refractivity contribution in [2.75, 3.05) is 11.9 Å². The molecule has 0 unspecified atom stereocenters. The second-order valence-electron chi connectivity index (χ2n) is 5.21. The van der Waals surface area contributed by atoms with Gasteiger partial charge in [-0.15, -0.1) is 0 Å². The number of nitrogens with one attached hydrogen (secondary N) is 2. The number of urea groups is 1. The summed E-state index contributed by atoms with van der Waals surface area (Å²) in [6, 6.07) is 3.57. The standard InChI is InChI=1S/C14H17FN2O3/c1-9-7-10(15)3-4-11(9)17-13(20)16-8-14(12(18)19)5-2-6-14/h3-4,7H,2,5-6,8H2,1H3,(H,18,19)(H2,16,17,20). The van der Waals surface area contributed by atoms with Crippen LogP contribution in [0.3, 0.4) is 0 Å². The molecule has 20 heavy (non-hydrogen) atoms. The molecule has 2 amide bonds. The van der Waals surface area contributed by atoms with Crippen LogP contribution in [-0.2, 0) is 4.79 Å². The first-order chi connectivity index (χ1) is 9.43. The summed E-state index contributed by atoms with van der Waals surface area (Å²) >= 11 is 0. The molecule has 1 fully saturated rings. The summed E-state index contributed by atoms with van der Waals surface area (Å²) in [7, 11) is 0. The Morgan fingerprint density at radius 1 is 1.40 bits per heavy atom. The Balaban J connectivity index is 1.91. The Morgan fingerprint density at radius 2 is 2.10 bits per heavy atom. The summed E-state index contributed by atoms with van der Waals surface area (Å²) in [5, 5.41) is 14.3. The third-order valence-corrected chi connectivity index (χ3v) is 3.79. The van der Waals surface area contributed by atoms with Gasteiger partial charge in [-0.1, -0.05) is 6.42 Å². The molecule has 2 rings (SSSR count). The molecule has 5 nitrogen and oxygen atoms in total. The summed E-state index contributed by atoms with van der Waals surface area (Å²) in [4.78, 5) is 22.9. The molecule has 0 saturated heterocycles. The zero-order valence-electron chi connectivity index (χ0n) is 11.2. The minimum Gasteiger partial charge on any atom is -0.481 e. The maximum Gasteiger partial charge on any atom is 0.319 e. The van der Waals surface area contributed by atoms with Crippen molar-refractivity contribution in [2.45, 2.75) is 26.2 Å². The molecule has 3 N–H and O–H groups in total. The molecule has 6 heteroatoms. The largest absolute Gasteiger partial charge is 0.481 e. The number of hydrogen-bond acceptors (Lipinski definition) is 2. The first-order valence-corrected chi connectivity index (χ1v) is 6.47. The number of anilines is 1. The van der Waals surface area contributed by atoms with Crippen molar-refractivity contribution in [3.63, 3.8) is 0 Å². The molecule has 1 aliphatic carbocycles. The monoisotopic (exact) mass is 280 g/mol. The number of benzene rings is 1. The second kappa shape index (κ2) is 5.48. The lowest BCUT2D eigenvalue weighted by Gasteiger charge is -2.37. The Morgan fingerprint density at radius 3 is 2.60 bits per heavy atom. The van der Waals surface area contributed by atoms with E-state index in [0.717, 1.165) is 6.42 Å². The van der Waals surface area contributed by atoms with E-state index in [-0.39, 0.29) is 12.4 Å².